The van der Waals surface area contributed by atoms with Crippen LogP contribution in [0.4, 0.5) is 4.39 Å². The van der Waals surface area contributed by atoms with E-state index in [0.29, 0.717) is 11.5 Å². The minimum absolute atomic E-state index is 0.0264. The first-order valence-electron chi connectivity index (χ1n) is 5.66. The molecule has 1 aromatic rings. The van der Waals surface area contributed by atoms with Crippen LogP contribution in [-0.4, -0.2) is 11.1 Å². The molecule has 17 heavy (non-hydrogen) atoms. The van der Waals surface area contributed by atoms with Gasteiger partial charge in [0.1, 0.15) is 5.82 Å². The number of benzene rings is 1. The summed E-state index contributed by atoms with van der Waals surface area (Å²) in [6.07, 6.45) is 1.92. The van der Waals surface area contributed by atoms with E-state index in [2.05, 4.69) is 0 Å². The Kier molecular flexibility index (Phi) is 3.38. The van der Waals surface area contributed by atoms with Crippen molar-refractivity contribution in [3.05, 3.63) is 34.1 Å². The molecule has 1 unspecified atom stereocenters. The lowest BCUT2D eigenvalue weighted by Gasteiger charge is -2.16. The Labute approximate surface area is 104 Å². The summed E-state index contributed by atoms with van der Waals surface area (Å²) in [5.41, 5.74) is 1.32. The van der Waals surface area contributed by atoms with Crippen molar-refractivity contribution in [1.82, 2.24) is 0 Å². The van der Waals surface area contributed by atoms with E-state index in [1.165, 1.54) is 0 Å². The van der Waals surface area contributed by atoms with Gasteiger partial charge in [0.15, 0.2) is 0 Å². The van der Waals surface area contributed by atoms with Crippen LogP contribution < -0.4 is 0 Å². The molecule has 1 atom stereocenters. The fraction of sp³-hybridized carbons (Fsp3) is 0.462. The third kappa shape index (κ3) is 2.78. The molecule has 1 aliphatic rings. The number of halogens is 2. The lowest BCUT2D eigenvalue weighted by atomic mass is 9.89. The number of aryl methyl sites for hydroxylation is 1. The molecule has 0 aliphatic heterocycles. The first-order chi connectivity index (χ1) is 7.99. The summed E-state index contributed by atoms with van der Waals surface area (Å²) < 4.78 is 13.9. The summed E-state index contributed by atoms with van der Waals surface area (Å²) in [4.78, 5) is 10.8. The molecule has 1 N–H and O–H groups in total. The number of rotatable bonds is 4. The van der Waals surface area contributed by atoms with Gasteiger partial charge in [-0.1, -0.05) is 17.7 Å². The maximum absolute atomic E-state index is 13.9. The lowest BCUT2D eigenvalue weighted by Crippen LogP contribution is -2.10. The molecular formula is C13H14ClFO2. The number of hydrogen-bond donors (Lipinski definition) is 1. The van der Waals surface area contributed by atoms with Gasteiger partial charge >= 0.3 is 5.97 Å². The molecule has 2 rings (SSSR count). The van der Waals surface area contributed by atoms with Crippen molar-refractivity contribution in [2.75, 3.05) is 0 Å². The molecule has 1 aromatic carbocycles. The van der Waals surface area contributed by atoms with E-state index in [-0.39, 0.29) is 17.4 Å². The Hall–Kier alpha value is -1.09. The topological polar surface area (TPSA) is 37.3 Å². The Morgan fingerprint density at radius 2 is 2.24 bits per heavy atom. The van der Waals surface area contributed by atoms with Crippen molar-refractivity contribution in [3.8, 4) is 0 Å². The maximum atomic E-state index is 13.9. The minimum Gasteiger partial charge on any atom is -0.481 e. The van der Waals surface area contributed by atoms with Crippen LogP contribution in [0, 0.1) is 18.7 Å². The number of carbonyl (C=O) groups is 1. The van der Waals surface area contributed by atoms with Crippen LogP contribution in [0.25, 0.3) is 0 Å². The first kappa shape index (κ1) is 12.4. The van der Waals surface area contributed by atoms with Gasteiger partial charge in [0.25, 0.3) is 0 Å². The van der Waals surface area contributed by atoms with Gasteiger partial charge in [-0.05, 0) is 42.9 Å². The van der Waals surface area contributed by atoms with Gasteiger partial charge < -0.3 is 5.11 Å². The lowest BCUT2D eigenvalue weighted by molar-refractivity contribution is -0.137. The van der Waals surface area contributed by atoms with Gasteiger partial charge in [-0.15, -0.1) is 0 Å². The number of hydrogen-bond acceptors (Lipinski definition) is 1. The summed E-state index contributed by atoms with van der Waals surface area (Å²) in [7, 11) is 0. The zero-order valence-corrected chi connectivity index (χ0v) is 10.3. The predicted molar refractivity (Wildman–Crippen MR) is 63.9 cm³/mol. The predicted octanol–water partition coefficient (Wildman–Crippen LogP) is 3.76. The third-order valence-electron chi connectivity index (χ3n) is 3.19. The van der Waals surface area contributed by atoms with E-state index in [0.717, 1.165) is 18.4 Å². The van der Waals surface area contributed by atoms with E-state index in [1.54, 1.807) is 12.1 Å². The van der Waals surface area contributed by atoms with E-state index < -0.39 is 11.8 Å². The van der Waals surface area contributed by atoms with Crippen molar-refractivity contribution < 1.29 is 14.3 Å². The smallest absolute Gasteiger partial charge is 0.303 e. The van der Waals surface area contributed by atoms with E-state index in [4.69, 9.17) is 16.7 Å². The number of carboxylic acid groups (broad SMARTS) is 1. The highest BCUT2D eigenvalue weighted by molar-refractivity contribution is 6.30. The molecule has 0 amide bonds. The molecule has 0 radical (unpaired) electrons. The van der Waals surface area contributed by atoms with Gasteiger partial charge in [-0.2, -0.15) is 0 Å². The number of carboxylic acids is 1. The van der Waals surface area contributed by atoms with Gasteiger partial charge in [0, 0.05) is 5.92 Å². The molecule has 0 bridgehead atoms. The average molecular weight is 257 g/mol. The van der Waals surface area contributed by atoms with Crippen LogP contribution in [0.5, 0.6) is 0 Å². The molecule has 4 heteroatoms. The monoisotopic (exact) mass is 256 g/mol. The SMILES string of the molecule is Cc1cc(Cl)c(F)c(C(CC(=O)O)C2CC2)c1. The second-order valence-corrected chi connectivity index (χ2v) is 5.10. The van der Waals surface area contributed by atoms with Crippen LogP contribution in [0.1, 0.15) is 36.3 Å². The average Bonchev–Trinajstić information content (AvgIpc) is 3.03. The molecule has 0 aromatic heterocycles. The second-order valence-electron chi connectivity index (χ2n) is 4.69. The van der Waals surface area contributed by atoms with Crippen molar-refractivity contribution in [1.29, 1.82) is 0 Å². The Balaban J connectivity index is 2.38. The third-order valence-corrected chi connectivity index (χ3v) is 3.46. The molecule has 0 heterocycles. The van der Waals surface area contributed by atoms with Crippen LogP contribution in [-0.2, 0) is 4.79 Å². The molecule has 1 aliphatic carbocycles. The zero-order valence-electron chi connectivity index (χ0n) is 9.54. The Morgan fingerprint density at radius 1 is 1.59 bits per heavy atom. The standard InChI is InChI=1S/C13H14ClFO2/c1-7-4-10(13(15)11(14)5-7)9(6-12(16)17)8-2-3-8/h4-5,8-9H,2-3,6H2,1H3,(H,16,17). The molecular weight excluding hydrogens is 243 g/mol. The highest BCUT2D eigenvalue weighted by Crippen LogP contribution is 2.46. The Morgan fingerprint density at radius 3 is 2.76 bits per heavy atom. The maximum Gasteiger partial charge on any atom is 0.303 e. The second kappa shape index (κ2) is 4.65. The van der Waals surface area contributed by atoms with Crippen LogP contribution in [0.2, 0.25) is 5.02 Å². The molecule has 1 fully saturated rings. The van der Waals surface area contributed by atoms with E-state index in [9.17, 15) is 9.18 Å². The fourth-order valence-corrected chi connectivity index (χ4v) is 2.52. The van der Waals surface area contributed by atoms with Gasteiger partial charge in [-0.25, -0.2) is 4.39 Å². The fourth-order valence-electron chi connectivity index (χ4n) is 2.24. The molecule has 92 valence electrons. The van der Waals surface area contributed by atoms with Crippen LogP contribution >= 0.6 is 11.6 Å². The summed E-state index contributed by atoms with van der Waals surface area (Å²) >= 11 is 5.80. The highest BCUT2D eigenvalue weighted by Gasteiger charge is 2.35. The Bertz CT molecular complexity index is 455. The molecule has 0 spiro atoms. The van der Waals surface area contributed by atoms with E-state index in [1.807, 2.05) is 6.92 Å². The highest BCUT2D eigenvalue weighted by atomic mass is 35.5. The van der Waals surface area contributed by atoms with E-state index >= 15 is 0 Å². The number of aliphatic carboxylic acids is 1. The normalized spacial score (nSPS) is 16.9. The quantitative estimate of drug-likeness (QED) is 0.891. The van der Waals surface area contributed by atoms with Crippen molar-refractivity contribution >= 4 is 17.6 Å². The summed E-state index contributed by atoms with van der Waals surface area (Å²) in [6.45, 7) is 1.83. The van der Waals surface area contributed by atoms with Crippen LogP contribution in [0.3, 0.4) is 0 Å². The van der Waals surface area contributed by atoms with Crippen molar-refractivity contribution in [3.63, 3.8) is 0 Å². The summed E-state index contributed by atoms with van der Waals surface area (Å²) in [6, 6.07) is 3.28. The largest absolute Gasteiger partial charge is 0.481 e. The molecule has 1 saturated carbocycles. The molecule has 2 nitrogen and oxygen atoms in total. The van der Waals surface area contributed by atoms with Gasteiger partial charge in [0.2, 0.25) is 0 Å². The first-order valence-corrected chi connectivity index (χ1v) is 6.04. The summed E-state index contributed by atoms with van der Waals surface area (Å²) in [5.74, 6) is -1.31. The van der Waals surface area contributed by atoms with Crippen LogP contribution in [0.15, 0.2) is 12.1 Å². The molecule has 0 saturated heterocycles. The summed E-state index contributed by atoms with van der Waals surface area (Å²) in [5, 5.41) is 8.98. The van der Waals surface area contributed by atoms with Gasteiger partial charge in [-0.3, -0.25) is 4.79 Å². The van der Waals surface area contributed by atoms with Gasteiger partial charge in [0.05, 0.1) is 11.4 Å². The van der Waals surface area contributed by atoms with Crippen molar-refractivity contribution in [2.45, 2.75) is 32.1 Å². The van der Waals surface area contributed by atoms with Crippen molar-refractivity contribution in [2.24, 2.45) is 5.92 Å². The minimum atomic E-state index is -0.890. The zero-order chi connectivity index (χ0) is 12.6.